The third kappa shape index (κ3) is 12.2. The summed E-state index contributed by atoms with van der Waals surface area (Å²) < 4.78 is 0. The molecule has 0 aliphatic rings. The molecule has 0 saturated carbocycles. The Kier molecular flexibility index (Phi) is 13.2. The van der Waals surface area contributed by atoms with Gasteiger partial charge in [-0.2, -0.15) is 0 Å². The summed E-state index contributed by atoms with van der Waals surface area (Å²) in [5, 5.41) is 24.6. The maximum absolute atomic E-state index is 12.8. The monoisotopic (exact) mass is 489 g/mol. The first-order valence-electron chi connectivity index (χ1n) is 9.90. The third-order valence-corrected chi connectivity index (χ3v) is 4.17. The summed E-state index contributed by atoms with van der Waals surface area (Å²) in [6, 6.07) is -6.02. The first kappa shape index (κ1) is 30.0. The highest BCUT2D eigenvalue weighted by atomic mass is 16.4. The minimum Gasteiger partial charge on any atom is -0.480 e. The van der Waals surface area contributed by atoms with Crippen molar-refractivity contribution < 1.29 is 39.0 Å². The van der Waals surface area contributed by atoms with E-state index in [9.17, 15) is 28.8 Å². The fraction of sp³-hybridized carbons (Fsp3) is 0.588. The van der Waals surface area contributed by atoms with Crippen molar-refractivity contribution in [1.29, 1.82) is 0 Å². The SMILES string of the molecule is NC(=O)CC(NC(=O)C(CC(N)=O)NC(=O)C(CCCN=C(N)N)NC(=O)C(N)CO)C(=O)O. The molecule has 15 N–H and O–H groups in total. The number of aliphatic hydroxyl groups excluding tert-OH is 1. The minimum atomic E-state index is -1.73. The van der Waals surface area contributed by atoms with Crippen molar-refractivity contribution in [3.63, 3.8) is 0 Å². The van der Waals surface area contributed by atoms with Crippen molar-refractivity contribution in [2.75, 3.05) is 13.2 Å². The minimum absolute atomic E-state index is 0.0448. The molecule has 34 heavy (non-hydrogen) atoms. The topological polar surface area (TPSA) is 321 Å². The summed E-state index contributed by atoms with van der Waals surface area (Å²) in [5.74, 6) is -6.80. The van der Waals surface area contributed by atoms with E-state index in [4.69, 9.17) is 38.9 Å². The van der Waals surface area contributed by atoms with Crippen LogP contribution in [0.1, 0.15) is 25.7 Å². The van der Waals surface area contributed by atoms with E-state index in [2.05, 4.69) is 15.6 Å². The summed E-state index contributed by atoms with van der Waals surface area (Å²) in [4.78, 5) is 74.7. The lowest BCUT2D eigenvalue weighted by molar-refractivity contribution is -0.144. The fourth-order valence-corrected chi connectivity index (χ4v) is 2.49. The zero-order chi connectivity index (χ0) is 26.4. The van der Waals surface area contributed by atoms with Crippen molar-refractivity contribution in [1.82, 2.24) is 16.0 Å². The second kappa shape index (κ2) is 15.0. The van der Waals surface area contributed by atoms with E-state index in [-0.39, 0.29) is 25.3 Å². The Bertz CT molecular complexity index is 800. The molecule has 4 atom stereocenters. The standard InChI is InChI=1S/C17H31N9O8/c18-7(6-27)13(30)24-8(2-1-3-23-17(21)22)14(31)25-9(4-11(19)28)15(32)26-10(16(33)34)5-12(20)29/h7-10,27H,1-6,18H2,(H2,19,28)(H2,20,29)(H,24,30)(H,25,31)(H,26,32)(H,33,34)(H4,21,22,23). The fourth-order valence-electron chi connectivity index (χ4n) is 2.49. The van der Waals surface area contributed by atoms with Gasteiger partial charge in [0.15, 0.2) is 5.96 Å². The molecule has 17 nitrogen and oxygen atoms in total. The maximum atomic E-state index is 12.8. The quantitative estimate of drug-likeness (QED) is 0.0551. The van der Waals surface area contributed by atoms with Gasteiger partial charge in [0.25, 0.3) is 0 Å². The van der Waals surface area contributed by atoms with Gasteiger partial charge in [-0.1, -0.05) is 0 Å². The maximum Gasteiger partial charge on any atom is 0.326 e. The van der Waals surface area contributed by atoms with Gasteiger partial charge in [-0.3, -0.25) is 29.0 Å². The number of aliphatic hydroxyl groups is 1. The average Bonchev–Trinajstić information content (AvgIpc) is 2.72. The Morgan fingerprint density at radius 1 is 0.765 bits per heavy atom. The van der Waals surface area contributed by atoms with Crippen molar-refractivity contribution in [2.24, 2.45) is 33.7 Å². The van der Waals surface area contributed by atoms with Crippen LogP contribution in [0.2, 0.25) is 0 Å². The van der Waals surface area contributed by atoms with Gasteiger partial charge < -0.3 is 54.8 Å². The molecule has 0 rings (SSSR count). The molecule has 0 fully saturated rings. The molecule has 4 unspecified atom stereocenters. The van der Waals surface area contributed by atoms with E-state index in [0.29, 0.717) is 0 Å². The van der Waals surface area contributed by atoms with Gasteiger partial charge in [-0.25, -0.2) is 4.79 Å². The van der Waals surface area contributed by atoms with E-state index < -0.39 is 79.1 Å². The number of hydrogen-bond donors (Lipinski definition) is 10. The zero-order valence-corrected chi connectivity index (χ0v) is 18.2. The number of nitrogens with zero attached hydrogens (tertiary/aromatic N) is 1. The number of nitrogens with two attached hydrogens (primary N) is 5. The molecule has 0 aliphatic carbocycles. The number of hydrogen-bond acceptors (Lipinski definition) is 9. The van der Waals surface area contributed by atoms with Gasteiger partial charge in [0, 0.05) is 6.54 Å². The number of aliphatic imine (C=N–C) groups is 1. The molecule has 192 valence electrons. The predicted octanol–water partition coefficient (Wildman–Crippen LogP) is -6.35. The van der Waals surface area contributed by atoms with E-state index >= 15 is 0 Å². The number of aliphatic carboxylic acids is 1. The smallest absolute Gasteiger partial charge is 0.326 e. The van der Waals surface area contributed by atoms with E-state index in [1.807, 2.05) is 5.32 Å². The molecular weight excluding hydrogens is 458 g/mol. The van der Waals surface area contributed by atoms with Gasteiger partial charge >= 0.3 is 5.97 Å². The molecule has 0 bridgehead atoms. The molecule has 0 aromatic carbocycles. The highest BCUT2D eigenvalue weighted by molar-refractivity contribution is 5.96. The van der Waals surface area contributed by atoms with Crippen LogP contribution in [0.5, 0.6) is 0 Å². The second-order valence-corrected chi connectivity index (χ2v) is 7.10. The van der Waals surface area contributed by atoms with E-state index in [1.165, 1.54) is 0 Å². The summed E-state index contributed by atoms with van der Waals surface area (Å²) >= 11 is 0. The number of carboxylic acid groups (broad SMARTS) is 1. The Morgan fingerprint density at radius 3 is 1.71 bits per heavy atom. The number of nitrogens with one attached hydrogen (secondary N) is 3. The molecule has 0 aliphatic heterocycles. The molecule has 0 saturated heterocycles. The van der Waals surface area contributed by atoms with Gasteiger partial charge in [0.1, 0.15) is 24.2 Å². The normalized spacial score (nSPS) is 13.9. The first-order chi connectivity index (χ1) is 15.8. The average molecular weight is 489 g/mol. The van der Waals surface area contributed by atoms with Crippen molar-refractivity contribution in [2.45, 2.75) is 49.9 Å². The summed E-state index contributed by atoms with van der Waals surface area (Å²) in [6.07, 6.45) is -1.33. The van der Waals surface area contributed by atoms with Crippen LogP contribution in [-0.4, -0.2) is 89.0 Å². The number of carbonyl (C=O) groups excluding carboxylic acids is 5. The number of guanidine groups is 1. The van der Waals surface area contributed by atoms with Crippen LogP contribution < -0.4 is 44.6 Å². The summed E-state index contributed by atoms with van der Waals surface area (Å²) in [5.41, 5.74) is 25.9. The lowest BCUT2D eigenvalue weighted by Crippen LogP contribution is -2.58. The predicted molar refractivity (Wildman–Crippen MR) is 116 cm³/mol. The number of primary amides is 2. The van der Waals surface area contributed by atoms with E-state index in [1.54, 1.807) is 0 Å². The first-order valence-corrected chi connectivity index (χ1v) is 9.90. The van der Waals surface area contributed by atoms with Crippen LogP contribution in [0.3, 0.4) is 0 Å². The molecule has 0 aromatic rings. The number of rotatable bonds is 16. The lowest BCUT2D eigenvalue weighted by Gasteiger charge is -2.24. The summed E-state index contributed by atoms with van der Waals surface area (Å²) in [6.45, 7) is -0.621. The highest BCUT2D eigenvalue weighted by Gasteiger charge is 2.31. The second-order valence-electron chi connectivity index (χ2n) is 7.10. The van der Waals surface area contributed by atoms with Gasteiger partial charge in [-0.05, 0) is 12.8 Å². The Labute approximate surface area is 193 Å². The van der Waals surface area contributed by atoms with Crippen LogP contribution in [0.25, 0.3) is 0 Å². The largest absolute Gasteiger partial charge is 0.480 e. The van der Waals surface area contributed by atoms with Crippen molar-refractivity contribution in [3.8, 4) is 0 Å². The Morgan fingerprint density at radius 2 is 1.24 bits per heavy atom. The molecule has 0 heterocycles. The third-order valence-electron chi connectivity index (χ3n) is 4.17. The van der Waals surface area contributed by atoms with Crippen LogP contribution in [0.4, 0.5) is 0 Å². The van der Waals surface area contributed by atoms with Crippen LogP contribution >= 0.6 is 0 Å². The molecule has 0 aromatic heterocycles. The number of amides is 5. The van der Waals surface area contributed by atoms with Crippen LogP contribution in [0, 0.1) is 0 Å². The zero-order valence-electron chi connectivity index (χ0n) is 18.2. The molecule has 0 radical (unpaired) electrons. The summed E-state index contributed by atoms with van der Waals surface area (Å²) in [7, 11) is 0. The number of carboxylic acids is 1. The van der Waals surface area contributed by atoms with Crippen molar-refractivity contribution in [3.05, 3.63) is 0 Å². The number of carbonyl (C=O) groups is 6. The van der Waals surface area contributed by atoms with Gasteiger partial charge in [0.05, 0.1) is 19.4 Å². The van der Waals surface area contributed by atoms with Crippen LogP contribution in [0.15, 0.2) is 4.99 Å². The molecule has 17 heteroatoms. The van der Waals surface area contributed by atoms with E-state index in [0.717, 1.165) is 0 Å². The molecular formula is C17H31N9O8. The Hall–Kier alpha value is -3.99. The molecule has 5 amide bonds. The van der Waals surface area contributed by atoms with Gasteiger partial charge in [-0.15, -0.1) is 0 Å². The van der Waals surface area contributed by atoms with Crippen LogP contribution in [-0.2, 0) is 28.8 Å². The molecule has 0 spiro atoms. The Balaban J connectivity index is 5.57. The lowest BCUT2D eigenvalue weighted by atomic mass is 10.1. The highest BCUT2D eigenvalue weighted by Crippen LogP contribution is 2.03. The van der Waals surface area contributed by atoms with Crippen molar-refractivity contribution >= 4 is 41.5 Å². The van der Waals surface area contributed by atoms with Gasteiger partial charge in [0.2, 0.25) is 29.5 Å².